The summed E-state index contributed by atoms with van der Waals surface area (Å²) in [5.41, 5.74) is 3.64. The lowest BCUT2D eigenvalue weighted by molar-refractivity contribution is -0.137. The fourth-order valence-electron chi connectivity index (χ4n) is 4.47. The summed E-state index contributed by atoms with van der Waals surface area (Å²) >= 11 is 1.40. The molecule has 148 valence electrons. The smallest absolute Gasteiger partial charge is 0.265 e. The molecule has 2 saturated heterocycles. The Kier molecular flexibility index (Phi) is 5.46. The maximum atomic E-state index is 13.0. The van der Waals surface area contributed by atoms with E-state index < -0.39 is 0 Å². The van der Waals surface area contributed by atoms with E-state index in [0.717, 1.165) is 16.1 Å². The van der Waals surface area contributed by atoms with E-state index in [0.29, 0.717) is 26.2 Å². The fourth-order valence-corrected chi connectivity index (χ4v) is 5.24. The number of fused-ring (bicyclic) bond motifs is 1. The monoisotopic (exact) mass is 399 g/mol. The molecule has 0 bridgehead atoms. The van der Waals surface area contributed by atoms with Crippen molar-refractivity contribution in [1.29, 1.82) is 0 Å². The molecule has 3 heterocycles. The van der Waals surface area contributed by atoms with Crippen molar-refractivity contribution in [3.8, 4) is 0 Å². The number of hydrogen-bond donors (Lipinski definition) is 0. The molecule has 2 aromatic rings. The topological polar surface area (TPSA) is 62.7 Å². The maximum absolute atomic E-state index is 13.0. The molecule has 1 aromatic heterocycles. The quantitative estimate of drug-likeness (QED) is 0.776. The van der Waals surface area contributed by atoms with Gasteiger partial charge in [-0.05, 0) is 19.4 Å². The van der Waals surface area contributed by atoms with Crippen molar-refractivity contribution in [3.05, 3.63) is 52.0 Å². The summed E-state index contributed by atoms with van der Waals surface area (Å²) in [6, 6.07) is 10.1. The van der Waals surface area contributed by atoms with Gasteiger partial charge in [-0.25, -0.2) is 4.98 Å². The zero-order valence-electron chi connectivity index (χ0n) is 16.2. The van der Waals surface area contributed by atoms with Gasteiger partial charge < -0.3 is 14.5 Å². The van der Waals surface area contributed by atoms with E-state index in [1.165, 1.54) is 11.3 Å². The van der Waals surface area contributed by atoms with Crippen LogP contribution in [0.15, 0.2) is 35.8 Å². The number of carbonyl (C=O) groups is 2. The van der Waals surface area contributed by atoms with E-state index in [2.05, 4.69) is 17.1 Å². The van der Waals surface area contributed by atoms with E-state index in [9.17, 15) is 9.59 Å². The fraction of sp³-hybridized carbons (Fsp3) is 0.476. The number of thiazole rings is 1. The van der Waals surface area contributed by atoms with E-state index in [-0.39, 0.29) is 36.3 Å². The second-order valence-electron chi connectivity index (χ2n) is 7.44. The molecule has 0 radical (unpaired) electrons. The molecule has 6 nitrogen and oxygen atoms in total. The molecule has 1 aromatic carbocycles. The van der Waals surface area contributed by atoms with Gasteiger partial charge in [0.15, 0.2) is 0 Å². The van der Waals surface area contributed by atoms with Crippen molar-refractivity contribution < 1.29 is 14.3 Å². The van der Waals surface area contributed by atoms with E-state index >= 15 is 0 Å². The standard InChI is InChI=1S/C21H25N3O3S/c1-3-27-12-18(25)24-10-16-9-23(21(26)20-14(2)22-13-28-20)11-17(16)19(24)15-7-5-4-6-8-15/h4-8,13,16-17,19H,3,9-12H2,1-2H3/t16-,17-,19+/m0/s1. The summed E-state index contributed by atoms with van der Waals surface area (Å²) < 4.78 is 5.37. The molecule has 28 heavy (non-hydrogen) atoms. The summed E-state index contributed by atoms with van der Waals surface area (Å²) in [5, 5.41) is 0. The lowest BCUT2D eigenvalue weighted by atomic mass is 9.89. The Bertz CT molecular complexity index is 854. The maximum Gasteiger partial charge on any atom is 0.265 e. The highest BCUT2D eigenvalue weighted by Gasteiger charge is 2.50. The van der Waals surface area contributed by atoms with Crippen molar-refractivity contribution in [2.45, 2.75) is 19.9 Å². The van der Waals surface area contributed by atoms with Crippen LogP contribution in [0.4, 0.5) is 0 Å². The van der Waals surface area contributed by atoms with Crippen LogP contribution in [0.1, 0.15) is 33.9 Å². The number of hydrogen-bond acceptors (Lipinski definition) is 5. The Balaban J connectivity index is 1.57. The first-order chi connectivity index (χ1) is 13.6. The predicted octanol–water partition coefficient (Wildman–Crippen LogP) is 2.76. The van der Waals surface area contributed by atoms with Crippen LogP contribution in [0, 0.1) is 18.8 Å². The molecule has 0 unspecified atom stereocenters. The van der Waals surface area contributed by atoms with Crippen molar-refractivity contribution in [1.82, 2.24) is 14.8 Å². The molecule has 2 aliphatic heterocycles. The number of ether oxygens (including phenoxy) is 1. The lowest BCUT2D eigenvalue weighted by Gasteiger charge is -2.30. The average Bonchev–Trinajstić information content (AvgIpc) is 3.40. The third-order valence-electron chi connectivity index (χ3n) is 5.78. The van der Waals surface area contributed by atoms with Crippen LogP contribution in [-0.2, 0) is 9.53 Å². The number of nitrogens with zero attached hydrogens (tertiary/aromatic N) is 3. The van der Waals surface area contributed by atoms with Gasteiger partial charge in [-0.15, -0.1) is 11.3 Å². The lowest BCUT2D eigenvalue weighted by Crippen LogP contribution is -2.39. The summed E-state index contributed by atoms with van der Waals surface area (Å²) in [4.78, 5) is 34.6. The van der Waals surface area contributed by atoms with Crippen molar-refractivity contribution in [2.24, 2.45) is 11.8 Å². The first-order valence-electron chi connectivity index (χ1n) is 9.71. The van der Waals surface area contributed by atoms with Gasteiger partial charge in [-0.2, -0.15) is 0 Å². The second-order valence-corrected chi connectivity index (χ2v) is 8.29. The molecule has 2 aliphatic rings. The minimum Gasteiger partial charge on any atom is -0.372 e. The molecule has 0 aliphatic carbocycles. The summed E-state index contributed by atoms with van der Waals surface area (Å²) in [7, 11) is 0. The summed E-state index contributed by atoms with van der Waals surface area (Å²) in [5.74, 6) is 0.618. The first kappa shape index (κ1) is 19.1. The normalized spacial score (nSPS) is 23.9. The number of likely N-dealkylation sites (tertiary alicyclic amines) is 2. The van der Waals surface area contributed by atoms with E-state index in [1.807, 2.05) is 41.8 Å². The molecule has 2 fully saturated rings. The van der Waals surface area contributed by atoms with E-state index in [1.54, 1.807) is 5.51 Å². The third kappa shape index (κ3) is 3.44. The highest BCUT2D eigenvalue weighted by atomic mass is 32.1. The molecular formula is C21H25N3O3S. The molecule has 0 spiro atoms. The number of benzene rings is 1. The van der Waals surface area contributed by atoms with Gasteiger partial charge in [-0.3, -0.25) is 9.59 Å². The first-order valence-corrected chi connectivity index (χ1v) is 10.6. The van der Waals surface area contributed by atoms with Gasteiger partial charge in [-0.1, -0.05) is 30.3 Å². The summed E-state index contributed by atoms with van der Waals surface area (Å²) in [6.45, 7) is 6.43. The van der Waals surface area contributed by atoms with Gasteiger partial charge in [0.2, 0.25) is 5.91 Å². The van der Waals surface area contributed by atoms with Crippen LogP contribution >= 0.6 is 11.3 Å². The molecule has 7 heteroatoms. The number of carbonyl (C=O) groups excluding carboxylic acids is 2. The predicted molar refractivity (Wildman–Crippen MR) is 107 cm³/mol. The number of rotatable bonds is 5. The molecular weight excluding hydrogens is 374 g/mol. The Morgan fingerprint density at radius 2 is 2.00 bits per heavy atom. The largest absolute Gasteiger partial charge is 0.372 e. The van der Waals surface area contributed by atoms with E-state index in [4.69, 9.17) is 4.74 Å². The van der Waals surface area contributed by atoms with Crippen LogP contribution in [0.3, 0.4) is 0 Å². The van der Waals surface area contributed by atoms with Crippen LogP contribution in [-0.4, -0.2) is 59.4 Å². The molecule has 0 N–H and O–H groups in total. The minimum absolute atomic E-state index is 0.0143. The van der Waals surface area contributed by atoms with Gasteiger partial charge in [0.25, 0.3) is 5.91 Å². The summed E-state index contributed by atoms with van der Waals surface area (Å²) in [6.07, 6.45) is 0. The Hall–Kier alpha value is -2.25. The number of aryl methyl sites for hydroxylation is 1. The van der Waals surface area contributed by atoms with Crippen LogP contribution in [0.25, 0.3) is 0 Å². The number of amides is 2. The molecule has 3 atom stereocenters. The Morgan fingerprint density at radius 1 is 1.21 bits per heavy atom. The zero-order valence-corrected chi connectivity index (χ0v) is 17.0. The zero-order chi connectivity index (χ0) is 19.7. The molecule has 4 rings (SSSR count). The average molecular weight is 400 g/mol. The SMILES string of the molecule is CCOCC(=O)N1C[C@@H]2CN(C(=O)c3scnc3C)C[C@@H]2[C@H]1c1ccccc1. The van der Waals surface area contributed by atoms with Crippen molar-refractivity contribution >= 4 is 23.2 Å². The van der Waals surface area contributed by atoms with Gasteiger partial charge in [0, 0.05) is 38.1 Å². The minimum atomic E-state index is -0.0143. The Labute approximate surface area is 169 Å². The number of aromatic nitrogens is 1. The van der Waals surface area contributed by atoms with Crippen molar-refractivity contribution in [3.63, 3.8) is 0 Å². The molecule has 2 amide bonds. The Morgan fingerprint density at radius 3 is 2.68 bits per heavy atom. The second kappa shape index (κ2) is 8.01. The van der Waals surface area contributed by atoms with Crippen LogP contribution in [0.2, 0.25) is 0 Å². The third-order valence-corrected chi connectivity index (χ3v) is 6.70. The van der Waals surface area contributed by atoms with Gasteiger partial charge >= 0.3 is 0 Å². The molecule has 0 saturated carbocycles. The van der Waals surface area contributed by atoms with Gasteiger partial charge in [0.1, 0.15) is 11.5 Å². The van der Waals surface area contributed by atoms with Crippen molar-refractivity contribution in [2.75, 3.05) is 32.8 Å². The highest BCUT2D eigenvalue weighted by Crippen LogP contribution is 2.45. The van der Waals surface area contributed by atoms with Crippen LogP contribution < -0.4 is 0 Å². The highest BCUT2D eigenvalue weighted by molar-refractivity contribution is 7.11. The van der Waals surface area contributed by atoms with Crippen LogP contribution in [0.5, 0.6) is 0 Å². The van der Waals surface area contributed by atoms with Gasteiger partial charge in [0.05, 0.1) is 17.2 Å².